The van der Waals surface area contributed by atoms with E-state index in [1.807, 2.05) is 0 Å². The SMILES string of the molecule is Cc1cccc(CC(=O)NCC(=O)NO)c1O. The Kier molecular flexibility index (Phi) is 4.47. The van der Waals surface area contributed by atoms with Crippen molar-refractivity contribution in [2.75, 3.05) is 6.54 Å². The number of aromatic hydroxyl groups is 1. The smallest absolute Gasteiger partial charge is 0.262 e. The highest BCUT2D eigenvalue weighted by molar-refractivity contribution is 5.85. The molecule has 1 aromatic rings. The molecule has 6 heteroatoms. The Morgan fingerprint density at radius 3 is 2.65 bits per heavy atom. The van der Waals surface area contributed by atoms with Gasteiger partial charge in [0.15, 0.2) is 0 Å². The number of nitrogens with one attached hydrogen (secondary N) is 2. The van der Waals surface area contributed by atoms with Crippen LogP contribution in [0, 0.1) is 6.92 Å². The highest BCUT2D eigenvalue weighted by atomic mass is 16.5. The molecule has 0 unspecified atom stereocenters. The van der Waals surface area contributed by atoms with E-state index in [4.69, 9.17) is 5.21 Å². The molecule has 0 bridgehead atoms. The van der Waals surface area contributed by atoms with Crippen molar-refractivity contribution < 1.29 is 19.9 Å². The second kappa shape index (κ2) is 5.86. The van der Waals surface area contributed by atoms with Crippen LogP contribution in [0.3, 0.4) is 0 Å². The zero-order chi connectivity index (χ0) is 12.8. The number of benzene rings is 1. The number of carbonyl (C=O) groups is 2. The lowest BCUT2D eigenvalue weighted by atomic mass is 10.1. The lowest BCUT2D eigenvalue weighted by molar-refractivity contribution is -0.131. The van der Waals surface area contributed by atoms with Gasteiger partial charge < -0.3 is 10.4 Å². The van der Waals surface area contributed by atoms with Gasteiger partial charge in [-0.2, -0.15) is 0 Å². The third kappa shape index (κ3) is 3.76. The Labute approximate surface area is 98.2 Å². The summed E-state index contributed by atoms with van der Waals surface area (Å²) < 4.78 is 0. The largest absolute Gasteiger partial charge is 0.507 e. The Morgan fingerprint density at radius 2 is 2.00 bits per heavy atom. The highest BCUT2D eigenvalue weighted by Crippen LogP contribution is 2.21. The van der Waals surface area contributed by atoms with Gasteiger partial charge in [-0.05, 0) is 12.5 Å². The molecule has 0 saturated heterocycles. The number of aryl methyl sites for hydroxylation is 1. The van der Waals surface area contributed by atoms with Gasteiger partial charge in [0.1, 0.15) is 5.75 Å². The first kappa shape index (κ1) is 13.0. The first-order chi connectivity index (χ1) is 8.04. The maximum atomic E-state index is 11.4. The average molecular weight is 238 g/mol. The second-order valence-corrected chi connectivity index (χ2v) is 3.57. The number of carbonyl (C=O) groups excluding carboxylic acids is 2. The molecule has 0 saturated carbocycles. The lowest BCUT2D eigenvalue weighted by Crippen LogP contribution is -2.36. The van der Waals surface area contributed by atoms with Gasteiger partial charge in [-0.25, -0.2) is 5.48 Å². The van der Waals surface area contributed by atoms with Crippen LogP contribution in [0.1, 0.15) is 11.1 Å². The van der Waals surface area contributed by atoms with Crippen molar-refractivity contribution in [3.8, 4) is 5.75 Å². The summed E-state index contributed by atoms with van der Waals surface area (Å²) in [5.41, 5.74) is 2.58. The van der Waals surface area contributed by atoms with E-state index in [9.17, 15) is 14.7 Å². The van der Waals surface area contributed by atoms with Gasteiger partial charge in [-0.3, -0.25) is 14.8 Å². The number of para-hydroxylation sites is 1. The van der Waals surface area contributed by atoms with Crippen LogP contribution >= 0.6 is 0 Å². The van der Waals surface area contributed by atoms with Crippen LogP contribution in [0.25, 0.3) is 0 Å². The van der Waals surface area contributed by atoms with Gasteiger partial charge in [0, 0.05) is 5.56 Å². The number of phenolic OH excluding ortho intramolecular Hbond substituents is 1. The predicted octanol–water partition coefficient (Wildman–Crippen LogP) is -0.135. The Bertz CT molecular complexity index is 431. The van der Waals surface area contributed by atoms with Gasteiger partial charge >= 0.3 is 0 Å². The molecule has 0 fully saturated rings. The van der Waals surface area contributed by atoms with Crippen molar-refractivity contribution in [1.29, 1.82) is 0 Å². The maximum absolute atomic E-state index is 11.4. The van der Waals surface area contributed by atoms with Crippen molar-refractivity contribution in [3.05, 3.63) is 29.3 Å². The van der Waals surface area contributed by atoms with Gasteiger partial charge in [0.25, 0.3) is 5.91 Å². The van der Waals surface area contributed by atoms with Crippen LogP contribution in [0.4, 0.5) is 0 Å². The minimum Gasteiger partial charge on any atom is -0.507 e. The number of hydroxylamine groups is 1. The van der Waals surface area contributed by atoms with E-state index in [2.05, 4.69) is 5.32 Å². The summed E-state index contributed by atoms with van der Waals surface area (Å²) in [6.07, 6.45) is -0.0216. The molecule has 2 amide bonds. The summed E-state index contributed by atoms with van der Waals surface area (Å²) >= 11 is 0. The third-order valence-electron chi connectivity index (χ3n) is 2.24. The van der Waals surface area contributed by atoms with Crippen molar-refractivity contribution in [3.63, 3.8) is 0 Å². The first-order valence-corrected chi connectivity index (χ1v) is 5.01. The number of hydrogen-bond donors (Lipinski definition) is 4. The highest BCUT2D eigenvalue weighted by Gasteiger charge is 2.09. The first-order valence-electron chi connectivity index (χ1n) is 5.01. The zero-order valence-corrected chi connectivity index (χ0v) is 9.36. The van der Waals surface area contributed by atoms with Gasteiger partial charge in [-0.15, -0.1) is 0 Å². The van der Waals surface area contributed by atoms with Crippen molar-refractivity contribution in [2.24, 2.45) is 0 Å². The number of hydrogen-bond acceptors (Lipinski definition) is 4. The zero-order valence-electron chi connectivity index (χ0n) is 9.36. The van der Waals surface area contributed by atoms with E-state index in [1.165, 1.54) is 5.48 Å². The Morgan fingerprint density at radius 1 is 1.29 bits per heavy atom. The summed E-state index contributed by atoms with van der Waals surface area (Å²) in [5, 5.41) is 20.2. The minimum atomic E-state index is -0.702. The van der Waals surface area contributed by atoms with Crippen LogP contribution < -0.4 is 10.8 Å². The molecular formula is C11H14N2O4. The van der Waals surface area contributed by atoms with Crippen LogP contribution in [-0.2, 0) is 16.0 Å². The Hall–Kier alpha value is -2.08. The molecule has 92 valence electrons. The fourth-order valence-corrected chi connectivity index (χ4v) is 1.32. The summed E-state index contributed by atoms with van der Waals surface area (Å²) in [7, 11) is 0. The fraction of sp³-hybridized carbons (Fsp3) is 0.273. The molecule has 0 aliphatic heterocycles. The minimum absolute atomic E-state index is 0.0216. The normalized spacial score (nSPS) is 9.76. The molecule has 0 heterocycles. The Balaban J connectivity index is 2.56. The summed E-state index contributed by atoms with van der Waals surface area (Å²) in [4.78, 5) is 22.1. The molecule has 1 rings (SSSR count). The van der Waals surface area contributed by atoms with E-state index in [-0.39, 0.29) is 18.7 Å². The predicted molar refractivity (Wildman–Crippen MR) is 59.5 cm³/mol. The van der Waals surface area contributed by atoms with E-state index >= 15 is 0 Å². The number of rotatable bonds is 4. The molecular weight excluding hydrogens is 224 g/mol. The second-order valence-electron chi connectivity index (χ2n) is 3.57. The average Bonchev–Trinajstić information content (AvgIpc) is 2.32. The van der Waals surface area contributed by atoms with Crippen molar-refractivity contribution in [2.45, 2.75) is 13.3 Å². The van der Waals surface area contributed by atoms with E-state index in [1.54, 1.807) is 25.1 Å². The van der Waals surface area contributed by atoms with E-state index in [0.717, 1.165) is 0 Å². The lowest BCUT2D eigenvalue weighted by Gasteiger charge is -2.07. The molecule has 0 atom stereocenters. The van der Waals surface area contributed by atoms with Crippen molar-refractivity contribution >= 4 is 11.8 Å². The molecule has 1 aromatic carbocycles. The molecule has 6 nitrogen and oxygen atoms in total. The summed E-state index contributed by atoms with van der Waals surface area (Å²) in [5.74, 6) is -1.03. The number of phenols is 1. The maximum Gasteiger partial charge on any atom is 0.262 e. The standard InChI is InChI=1S/C11H14N2O4/c1-7-3-2-4-8(11(7)16)5-9(14)12-6-10(15)13-17/h2-4,16-17H,5-6H2,1H3,(H,12,14)(H,13,15). The molecule has 0 radical (unpaired) electrons. The molecule has 0 aromatic heterocycles. The van der Waals surface area contributed by atoms with Gasteiger partial charge in [0.2, 0.25) is 5.91 Å². The summed E-state index contributed by atoms with van der Waals surface area (Å²) in [6, 6.07) is 5.10. The van der Waals surface area contributed by atoms with Crippen LogP contribution in [-0.4, -0.2) is 28.7 Å². The molecule has 0 aliphatic rings. The van der Waals surface area contributed by atoms with Gasteiger partial charge in [-0.1, -0.05) is 18.2 Å². The molecule has 0 spiro atoms. The van der Waals surface area contributed by atoms with E-state index < -0.39 is 11.8 Å². The molecule has 17 heavy (non-hydrogen) atoms. The van der Waals surface area contributed by atoms with E-state index in [0.29, 0.717) is 11.1 Å². The van der Waals surface area contributed by atoms with Crippen LogP contribution in [0.15, 0.2) is 18.2 Å². The third-order valence-corrected chi connectivity index (χ3v) is 2.24. The number of amides is 2. The molecule has 0 aliphatic carbocycles. The quantitative estimate of drug-likeness (QED) is 0.433. The fourth-order valence-electron chi connectivity index (χ4n) is 1.32. The summed E-state index contributed by atoms with van der Waals surface area (Å²) in [6.45, 7) is 1.43. The van der Waals surface area contributed by atoms with Gasteiger partial charge in [0.05, 0.1) is 13.0 Å². The van der Waals surface area contributed by atoms with Crippen LogP contribution in [0.2, 0.25) is 0 Å². The topological polar surface area (TPSA) is 98.7 Å². The molecule has 4 N–H and O–H groups in total. The monoisotopic (exact) mass is 238 g/mol. The van der Waals surface area contributed by atoms with Crippen LogP contribution in [0.5, 0.6) is 5.75 Å². The van der Waals surface area contributed by atoms with Crippen molar-refractivity contribution in [1.82, 2.24) is 10.8 Å².